The fourth-order valence-electron chi connectivity index (χ4n) is 2.46. The van der Waals surface area contributed by atoms with Crippen molar-refractivity contribution in [3.05, 3.63) is 66.4 Å². The van der Waals surface area contributed by atoms with E-state index in [-0.39, 0.29) is 5.69 Å². The molecule has 1 N–H and O–H groups in total. The second-order valence-corrected chi connectivity index (χ2v) is 5.34. The van der Waals surface area contributed by atoms with Crippen molar-refractivity contribution >= 4 is 22.8 Å². The lowest BCUT2D eigenvalue weighted by atomic mass is 10.3. The lowest BCUT2D eigenvalue weighted by Gasteiger charge is -2.05. The van der Waals surface area contributed by atoms with Crippen LogP contribution in [0.4, 0.5) is 5.82 Å². The Kier molecular flexibility index (Phi) is 3.62. The number of anilines is 1. The zero-order valence-corrected chi connectivity index (χ0v) is 13.3. The molecule has 8 nitrogen and oxygen atoms in total. The molecule has 0 atom stereocenters. The van der Waals surface area contributed by atoms with Crippen LogP contribution in [0.2, 0.25) is 0 Å². The number of amides is 1. The third-order valence-corrected chi connectivity index (χ3v) is 3.69. The van der Waals surface area contributed by atoms with Crippen molar-refractivity contribution in [2.24, 2.45) is 0 Å². The predicted molar refractivity (Wildman–Crippen MR) is 91.4 cm³/mol. The van der Waals surface area contributed by atoms with Crippen molar-refractivity contribution in [3.63, 3.8) is 0 Å². The molecule has 0 fully saturated rings. The van der Waals surface area contributed by atoms with Crippen molar-refractivity contribution in [1.29, 1.82) is 0 Å². The second kappa shape index (κ2) is 6.08. The number of para-hydroxylation sites is 2. The predicted octanol–water partition coefficient (Wildman–Crippen LogP) is 2.17. The zero-order valence-electron chi connectivity index (χ0n) is 13.3. The molecule has 25 heavy (non-hydrogen) atoms. The summed E-state index contributed by atoms with van der Waals surface area (Å²) in [5.41, 5.74) is 3.03. The average molecular weight is 331 g/mol. The van der Waals surface area contributed by atoms with Gasteiger partial charge in [-0.1, -0.05) is 17.3 Å². The van der Waals surface area contributed by atoms with Crippen molar-refractivity contribution < 1.29 is 4.79 Å². The van der Waals surface area contributed by atoms with E-state index in [2.05, 4.69) is 30.6 Å². The van der Waals surface area contributed by atoms with E-state index in [0.717, 1.165) is 11.2 Å². The fraction of sp³-hybridized carbons (Fsp3) is 0.0588. The van der Waals surface area contributed by atoms with Gasteiger partial charge in [0, 0.05) is 6.20 Å². The Bertz CT molecular complexity index is 1060. The van der Waals surface area contributed by atoms with Gasteiger partial charge in [0.15, 0.2) is 11.5 Å². The molecule has 4 aromatic rings. The molecule has 0 saturated heterocycles. The summed E-state index contributed by atoms with van der Waals surface area (Å²) < 4.78 is 1.56. The van der Waals surface area contributed by atoms with Gasteiger partial charge < -0.3 is 5.32 Å². The van der Waals surface area contributed by atoms with E-state index < -0.39 is 5.91 Å². The molecule has 0 aliphatic heterocycles. The number of hydrogen-bond donors (Lipinski definition) is 1. The zero-order chi connectivity index (χ0) is 17.2. The highest BCUT2D eigenvalue weighted by atomic mass is 16.2. The Morgan fingerprint density at radius 1 is 1.08 bits per heavy atom. The van der Waals surface area contributed by atoms with Crippen molar-refractivity contribution in [1.82, 2.24) is 29.9 Å². The monoisotopic (exact) mass is 331 g/mol. The number of benzene rings is 1. The van der Waals surface area contributed by atoms with Crippen LogP contribution in [-0.2, 0) is 0 Å². The Balaban J connectivity index is 1.61. The van der Waals surface area contributed by atoms with Crippen LogP contribution in [-0.4, -0.2) is 35.9 Å². The standard InChI is InChI=1S/C17H13N7O/c1-11-16(22-23-24(11)12-5-4-8-18-9-12)17(25)21-15-10-19-13-6-2-3-7-14(13)20-15/h2-10H,1H3,(H,20,21,25). The van der Waals surface area contributed by atoms with Gasteiger partial charge in [-0.2, -0.15) is 0 Å². The third-order valence-electron chi connectivity index (χ3n) is 3.69. The molecule has 8 heteroatoms. The molecule has 3 heterocycles. The van der Waals surface area contributed by atoms with Gasteiger partial charge in [0.1, 0.15) is 0 Å². The van der Waals surface area contributed by atoms with Gasteiger partial charge in [0.05, 0.1) is 34.8 Å². The van der Waals surface area contributed by atoms with Crippen LogP contribution in [0.15, 0.2) is 55.0 Å². The number of nitrogens with zero attached hydrogens (tertiary/aromatic N) is 6. The molecular weight excluding hydrogens is 318 g/mol. The van der Waals surface area contributed by atoms with Crippen LogP contribution in [0.5, 0.6) is 0 Å². The highest BCUT2D eigenvalue weighted by Gasteiger charge is 2.18. The van der Waals surface area contributed by atoms with E-state index in [1.807, 2.05) is 30.3 Å². The van der Waals surface area contributed by atoms with Gasteiger partial charge >= 0.3 is 0 Å². The number of aromatic nitrogens is 6. The first-order valence-corrected chi connectivity index (χ1v) is 7.58. The molecule has 0 aliphatic rings. The van der Waals surface area contributed by atoms with Crippen molar-refractivity contribution in [2.45, 2.75) is 6.92 Å². The minimum atomic E-state index is -0.391. The molecule has 0 bridgehead atoms. The molecule has 1 aromatic carbocycles. The Morgan fingerprint density at radius 3 is 2.72 bits per heavy atom. The van der Waals surface area contributed by atoms with Gasteiger partial charge in [0.25, 0.3) is 5.91 Å². The van der Waals surface area contributed by atoms with E-state index in [1.165, 1.54) is 6.20 Å². The summed E-state index contributed by atoms with van der Waals surface area (Å²) >= 11 is 0. The van der Waals surface area contributed by atoms with E-state index in [4.69, 9.17) is 0 Å². The van der Waals surface area contributed by atoms with Crippen LogP contribution in [0.25, 0.3) is 16.7 Å². The molecule has 3 aromatic heterocycles. The van der Waals surface area contributed by atoms with Gasteiger partial charge in [0.2, 0.25) is 0 Å². The molecule has 4 rings (SSSR count). The first-order chi connectivity index (χ1) is 12.2. The molecule has 1 amide bonds. The molecule has 0 radical (unpaired) electrons. The first-order valence-electron chi connectivity index (χ1n) is 7.58. The normalized spacial score (nSPS) is 10.8. The molecular formula is C17H13N7O. The van der Waals surface area contributed by atoms with Crippen LogP contribution in [0.3, 0.4) is 0 Å². The summed E-state index contributed by atoms with van der Waals surface area (Å²) in [6, 6.07) is 11.1. The lowest BCUT2D eigenvalue weighted by molar-refractivity contribution is 0.102. The van der Waals surface area contributed by atoms with Gasteiger partial charge in [-0.05, 0) is 31.2 Å². The second-order valence-electron chi connectivity index (χ2n) is 5.34. The quantitative estimate of drug-likeness (QED) is 0.618. The topological polar surface area (TPSA) is 98.5 Å². The van der Waals surface area contributed by atoms with Crippen molar-refractivity contribution in [3.8, 4) is 5.69 Å². The summed E-state index contributed by atoms with van der Waals surface area (Å²) in [5, 5.41) is 10.7. The average Bonchev–Trinajstić information content (AvgIpc) is 3.04. The van der Waals surface area contributed by atoms with E-state index in [1.54, 1.807) is 30.1 Å². The van der Waals surface area contributed by atoms with E-state index in [9.17, 15) is 4.79 Å². The molecule has 0 aliphatic carbocycles. The van der Waals surface area contributed by atoms with E-state index >= 15 is 0 Å². The maximum absolute atomic E-state index is 12.5. The summed E-state index contributed by atoms with van der Waals surface area (Å²) in [7, 11) is 0. The summed E-state index contributed by atoms with van der Waals surface area (Å²) in [6.45, 7) is 1.77. The Morgan fingerprint density at radius 2 is 1.92 bits per heavy atom. The molecule has 0 saturated carbocycles. The van der Waals surface area contributed by atoms with Gasteiger partial charge in [-0.15, -0.1) is 5.10 Å². The number of fused-ring (bicyclic) bond motifs is 1. The van der Waals surface area contributed by atoms with Gasteiger partial charge in [-0.3, -0.25) is 14.8 Å². The number of rotatable bonds is 3. The van der Waals surface area contributed by atoms with Gasteiger partial charge in [-0.25, -0.2) is 9.67 Å². The lowest BCUT2D eigenvalue weighted by Crippen LogP contribution is -2.15. The fourth-order valence-corrected chi connectivity index (χ4v) is 2.46. The third kappa shape index (κ3) is 2.80. The number of carbonyl (C=O) groups is 1. The number of pyridine rings is 1. The molecule has 0 unspecified atom stereocenters. The van der Waals surface area contributed by atoms with Crippen molar-refractivity contribution in [2.75, 3.05) is 5.32 Å². The Hall–Kier alpha value is -3.68. The first kappa shape index (κ1) is 14.9. The minimum absolute atomic E-state index is 0.221. The summed E-state index contributed by atoms with van der Waals surface area (Å²) in [4.78, 5) is 25.2. The molecule has 122 valence electrons. The SMILES string of the molecule is Cc1c(C(=O)Nc2cnc3ccccc3n2)nnn1-c1cccnc1. The maximum atomic E-state index is 12.5. The summed E-state index contributed by atoms with van der Waals surface area (Å²) in [5.74, 6) is -0.0313. The summed E-state index contributed by atoms with van der Waals surface area (Å²) in [6.07, 6.45) is 4.83. The largest absolute Gasteiger partial charge is 0.304 e. The Labute approximate surface area is 142 Å². The number of carbonyl (C=O) groups excluding carboxylic acids is 1. The smallest absolute Gasteiger partial charge is 0.279 e. The highest BCUT2D eigenvalue weighted by molar-refractivity contribution is 6.03. The van der Waals surface area contributed by atoms with Crippen LogP contribution >= 0.6 is 0 Å². The van der Waals surface area contributed by atoms with E-state index in [0.29, 0.717) is 17.0 Å². The van der Waals surface area contributed by atoms with Crippen LogP contribution < -0.4 is 5.32 Å². The number of nitrogens with one attached hydrogen (secondary N) is 1. The van der Waals surface area contributed by atoms with Crippen LogP contribution in [0.1, 0.15) is 16.2 Å². The van der Waals surface area contributed by atoms with Crippen LogP contribution in [0, 0.1) is 6.92 Å². The number of hydrogen-bond acceptors (Lipinski definition) is 6. The maximum Gasteiger partial charge on any atom is 0.279 e. The highest BCUT2D eigenvalue weighted by Crippen LogP contribution is 2.14. The minimum Gasteiger partial charge on any atom is -0.304 e. The molecule has 0 spiro atoms.